The Bertz CT molecular complexity index is 493. The van der Waals surface area contributed by atoms with Crippen molar-refractivity contribution in [2.75, 3.05) is 30.3 Å². The van der Waals surface area contributed by atoms with E-state index in [4.69, 9.17) is 9.26 Å². The fourth-order valence-electron chi connectivity index (χ4n) is 1.45. The minimum atomic E-state index is 0.291. The second-order valence-corrected chi connectivity index (χ2v) is 3.74. The highest BCUT2D eigenvalue weighted by molar-refractivity contribution is 5.35. The summed E-state index contributed by atoms with van der Waals surface area (Å²) < 4.78 is 10.2. The topological polar surface area (TPSA) is 111 Å². The first-order chi connectivity index (χ1) is 9.81. The second kappa shape index (κ2) is 7.22. The number of rotatable bonds is 8. The molecule has 0 spiro atoms. The summed E-state index contributed by atoms with van der Waals surface area (Å²) in [5.41, 5.74) is 0. The van der Waals surface area contributed by atoms with E-state index in [1.165, 1.54) is 6.33 Å². The van der Waals surface area contributed by atoms with Crippen molar-refractivity contribution < 1.29 is 9.26 Å². The average molecular weight is 279 g/mol. The maximum Gasteiger partial charge on any atom is 0.323 e. The van der Waals surface area contributed by atoms with E-state index in [1.807, 2.05) is 13.8 Å². The predicted molar refractivity (Wildman–Crippen MR) is 71.7 cm³/mol. The maximum atomic E-state index is 5.30. The van der Waals surface area contributed by atoms with Crippen LogP contribution in [-0.4, -0.2) is 44.8 Å². The van der Waals surface area contributed by atoms with Crippen molar-refractivity contribution >= 4 is 11.9 Å². The van der Waals surface area contributed by atoms with Gasteiger partial charge in [-0.2, -0.15) is 19.9 Å². The third kappa shape index (κ3) is 4.04. The van der Waals surface area contributed by atoms with Crippen molar-refractivity contribution in [3.8, 4) is 6.01 Å². The van der Waals surface area contributed by atoms with Gasteiger partial charge in [-0.3, -0.25) is 0 Å². The Balaban J connectivity index is 1.97. The molecule has 0 unspecified atom stereocenters. The molecule has 108 valence electrons. The van der Waals surface area contributed by atoms with Gasteiger partial charge in [0.1, 0.15) is 0 Å². The van der Waals surface area contributed by atoms with E-state index in [0.717, 1.165) is 6.54 Å². The fraction of sp³-hybridized carbons (Fsp3) is 0.545. The molecule has 0 aliphatic rings. The molecule has 9 heteroatoms. The Kier molecular flexibility index (Phi) is 5.04. The van der Waals surface area contributed by atoms with Gasteiger partial charge in [0.15, 0.2) is 6.33 Å². The number of anilines is 2. The van der Waals surface area contributed by atoms with Crippen LogP contribution in [0.15, 0.2) is 10.9 Å². The van der Waals surface area contributed by atoms with Gasteiger partial charge >= 0.3 is 6.01 Å². The number of nitrogens with zero attached hydrogens (tertiary/aromatic N) is 5. The number of aromatic nitrogens is 5. The molecular weight excluding hydrogens is 262 g/mol. The third-order valence-corrected chi connectivity index (χ3v) is 2.25. The highest BCUT2D eigenvalue weighted by atomic mass is 16.5. The third-order valence-electron chi connectivity index (χ3n) is 2.25. The van der Waals surface area contributed by atoms with E-state index in [-0.39, 0.29) is 0 Å². The van der Waals surface area contributed by atoms with Gasteiger partial charge in [0.25, 0.3) is 0 Å². The highest BCUT2D eigenvalue weighted by Gasteiger charge is 2.07. The number of hydrogen-bond donors (Lipinski definition) is 2. The van der Waals surface area contributed by atoms with Crippen molar-refractivity contribution in [1.82, 2.24) is 25.1 Å². The standard InChI is InChI=1S/C11H17N7O2/c1-3-12-9-16-10(18-11(17-9)19-4-2)13-6-5-8-14-7-15-20-8/h7H,3-6H2,1-2H3,(H2,12,13,16,17,18). The van der Waals surface area contributed by atoms with Gasteiger partial charge in [0.05, 0.1) is 6.61 Å². The van der Waals surface area contributed by atoms with E-state index in [9.17, 15) is 0 Å². The second-order valence-electron chi connectivity index (χ2n) is 3.74. The lowest BCUT2D eigenvalue weighted by Crippen LogP contribution is -2.12. The zero-order valence-corrected chi connectivity index (χ0v) is 11.5. The van der Waals surface area contributed by atoms with Crippen molar-refractivity contribution in [3.63, 3.8) is 0 Å². The lowest BCUT2D eigenvalue weighted by atomic mass is 10.4. The first-order valence-corrected chi connectivity index (χ1v) is 6.44. The molecule has 2 heterocycles. The maximum absolute atomic E-state index is 5.30. The molecule has 0 saturated carbocycles. The smallest absolute Gasteiger partial charge is 0.323 e. The lowest BCUT2D eigenvalue weighted by Gasteiger charge is -2.08. The largest absolute Gasteiger partial charge is 0.464 e. The zero-order chi connectivity index (χ0) is 14.2. The van der Waals surface area contributed by atoms with Gasteiger partial charge in [0, 0.05) is 19.5 Å². The van der Waals surface area contributed by atoms with E-state index >= 15 is 0 Å². The Morgan fingerprint density at radius 2 is 1.95 bits per heavy atom. The normalized spacial score (nSPS) is 10.3. The predicted octanol–water partition coefficient (Wildman–Crippen LogP) is 0.740. The minimum absolute atomic E-state index is 0.291. The van der Waals surface area contributed by atoms with Crippen molar-refractivity contribution in [2.24, 2.45) is 0 Å². The molecule has 2 rings (SSSR count). The highest BCUT2D eigenvalue weighted by Crippen LogP contribution is 2.11. The van der Waals surface area contributed by atoms with Crippen molar-refractivity contribution in [3.05, 3.63) is 12.2 Å². The summed E-state index contributed by atoms with van der Waals surface area (Å²) in [6.45, 7) is 5.63. The van der Waals surface area contributed by atoms with Crippen LogP contribution in [0.3, 0.4) is 0 Å². The molecule has 0 aromatic carbocycles. The molecule has 0 atom stereocenters. The SMILES string of the molecule is CCNc1nc(NCCc2ncno2)nc(OCC)n1. The molecule has 2 N–H and O–H groups in total. The molecule has 0 amide bonds. The quantitative estimate of drug-likeness (QED) is 0.722. The van der Waals surface area contributed by atoms with Crippen LogP contribution in [0.1, 0.15) is 19.7 Å². The lowest BCUT2D eigenvalue weighted by molar-refractivity contribution is 0.312. The summed E-state index contributed by atoms with van der Waals surface area (Å²) in [6, 6.07) is 0.291. The monoisotopic (exact) mass is 279 g/mol. The van der Waals surface area contributed by atoms with Crippen LogP contribution < -0.4 is 15.4 Å². The number of hydrogen-bond acceptors (Lipinski definition) is 9. The van der Waals surface area contributed by atoms with E-state index < -0.39 is 0 Å². The van der Waals surface area contributed by atoms with E-state index in [2.05, 4.69) is 35.7 Å². The molecule has 0 aliphatic carbocycles. The molecule has 0 bridgehead atoms. The molecule has 20 heavy (non-hydrogen) atoms. The molecule has 0 aliphatic heterocycles. The zero-order valence-electron chi connectivity index (χ0n) is 11.5. The fourth-order valence-corrected chi connectivity index (χ4v) is 1.45. The molecular formula is C11H17N7O2. The van der Waals surface area contributed by atoms with Crippen LogP contribution >= 0.6 is 0 Å². The van der Waals surface area contributed by atoms with Gasteiger partial charge < -0.3 is 19.9 Å². The molecule has 2 aromatic heterocycles. The number of nitrogens with one attached hydrogen (secondary N) is 2. The van der Waals surface area contributed by atoms with Gasteiger partial charge in [-0.15, -0.1) is 0 Å². The summed E-state index contributed by atoms with van der Waals surface area (Å²) >= 11 is 0. The summed E-state index contributed by atoms with van der Waals surface area (Å²) in [5.74, 6) is 1.48. The Hall–Kier alpha value is -2.45. The summed E-state index contributed by atoms with van der Waals surface area (Å²) in [6.07, 6.45) is 1.96. The minimum Gasteiger partial charge on any atom is -0.464 e. The van der Waals surface area contributed by atoms with Crippen molar-refractivity contribution in [2.45, 2.75) is 20.3 Å². The van der Waals surface area contributed by atoms with E-state index in [1.54, 1.807) is 0 Å². The van der Waals surface area contributed by atoms with Gasteiger partial charge in [-0.1, -0.05) is 5.16 Å². The summed E-state index contributed by atoms with van der Waals surface area (Å²) in [4.78, 5) is 16.5. The van der Waals surface area contributed by atoms with Gasteiger partial charge in [-0.05, 0) is 13.8 Å². The molecule has 9 nitrogen and oxygen atoms in total. The van der Waals surface area contributed by atoms with Crippen LogP contribution in [0.2, 0.25) is 0 Å². The first-order valence-electron chi connectivity index (χ1n) is 6.44. The van der Waals surface area contributed by atoms with Crippen LogP contribution in [0.4, 0.5) is 11.9 Å². The molecule has 0 saturated heterocycles. The molecule has 0 radical (unpaired) electrons. The van der Waals surface area contributed by atoms with Gasteiger partial charge in [-0.25, -0.2) is 0 Å². The van der Waals surface area contributed by atoms with Crippen LogP contribution in [0.5, 0.6) is 6.01 Å². The van der Waals surface area contributed by atoms with Crippen LogP contribution in [0, 0.1) is 0 Å². The average Bonchev–Trinajstić information content (AvgIpc) is 2.92. The van der Waals surface area contributed by atoms with Gasteiger partial charge in [0.2, 0.25) is 17.8 Å². The Morgan fingerprint density at radius 1 is 1.15 bits per heavy atom. The Morgan fingerprint density at radius 3 is 2.60 bits per heavy atom. The van der Waals surface area contributed by atoms with Crippen molar-refractivity contribution in [1.29, 1.82) is 0 Å². The summed E-state index contributed by atoms with van der Waals surface area (Å²) in [7, 11) is 0. The first kappa shape index (κ1) is 14.0. The number of ether oxygens (including phenoxy) is 1. The van der Waals surface area contributed by atoms with Crippen LogP contribution in [0.25, 0.3) is 0 Å². The Labute approximate surface area is 116 Å². The van der Waals surface area contributed by atoms with E-state index in [0.29, 0.717) is 43.4 Å². The molecule has 0 fully saturated rings. The molecule has 2 aromatic rings. The summed E-state index contributed by atoms with van der Waals surface area (Å²) in [5, 5.41) is 9.64. The van der Waals surface area contributed by atoms with Crippen LogP contribution in [-0.2, 0) is 6.42 Å².